The van der Waals surface area contributed by atoms with Crippen LogP contribution in [0.1, 0.15) is 16.1 Å². The Labute approximate surface area is 154 Å². The molecule has 0 radical (unpaired) electrons. The molecule has 2 N–H and O–H groups in total. The lowest BCUT2D eigenvalue weighted by molar-refractivity contribution is 0.0999. The molecule has 1 aromatic carbocycles. The first kappa shape index (κ1) is 17.2. The summed E-state index contributed by atoms with van der Waals surface area (Å²) in [5.74, 6) is 2.47. The van der Waals surface area contributed by atoms with Gasteiger partial charge in [-0.1, -0.05) is 34.3 Å². The number of carbonyl (C=O) groups excluding carboxylic acids is 1. The summed E-state index contributed by atoms with van der Waals surface area (Å²) in [6.07, 6.45) is 5.43. The van der Waals surface area contributed by atoms with Crippen molar-refractivity contribution >= 4 is 29.1 Å². The molecule has 126 valence electrons. The maximum absolute atomic E-state index is 11.6. The van der Waals surface area contributed by atoms with E-state index in [-0.39, 0.29) is 6.54 Å². The van der Waals surface area contributed by atoms with Crippen LogP contribution in [-0.2, 0) is 6.54 Å². The first-order chi connectivity index (χ1) is 11.9. The number of nitrogens with two attached hydrogens (primary N) is 1. The van der Waals surface area contributed by atoms with Gasteiger partial charge >= 0.3 is 0 Å². The second-order valence-electron chi connectivity index (χ2n) is 5.38. The van der Waals surface area contributed by atoms with Crippen LogP contribution < -0.4 is 5.73 Å². The summed E-state index contributed by atoms with van der Waals surface area (Å²) in [4.78, 5) is 11.6. The molecule has 0 aliphatic carbocycles. The minimum atomic E-state index is -0.532. The van der Waals surface area contributed by atoms with E-state index in [1.165, 1.54) is 0 Å². The number of hydrogen-bond donors (Lipinski definition) is 1. The number of hydrogen-bond acceptors (Lipinski definition) is 3. The van der Waals surface area contributed by atoms with Crippen LogP contribution in [0.2, 0.25) is 10.0 Å². The van der Waals surface area contributed by atoms with Crippen molar-refractivity contribution < 1.29 is 9.32 Å². The van der Waals surface area contributed by atoms with Crippen molar-refractivity contribution in [2.45, 2.75) is 13.5 Å². The summed E-state index contributed by atoms with van der Waals surface area (Å²) >= 11 is 12.1. The standard InChI is InChI=1S/C18H13Cl2N3O2/c1-3-6-23-10(2)13(18(21)24)8-16(23)17-9-15(22-25-17)12-5-4-11(19)7-14(12)20/h1,4-5,7-9H,6H2,2H3,(H2,21,24). The highest BCUT2D eigenvalue weighted by Crippen LogP contribution is 2.33. The fourth-order valence-corrected chi connectivity index (χ4v) is 3.12. The molecule has 0 bridgehead atoms. The lowest BCUT2D eigenvalue weighted by Crippen LogP contribution is -2.12. The Morgan fingerprint density at radius 1 is 1.36 bits per heavy atom. The quantitative estimate of drug-likeness (QED) is 0.697. The predicted molar refractivity (Wildman–Crippen MR) is 97.5 cm³/mol. The average molecular weight is 374 g/mol. The van der Waals surface area contributed by atoms with Gasteiger partial charge in [0.1, 0.15) is 5.69 Å². The van der Waals surface area contributed by atoms with Gasteiger partial charge in [0.15, 0.2) is 5.76 Å². The normalized spacial score (nSPS) is 10.6. The molecule has 3 aromatic rings. The Hall–Kier alpha value is -2.68. The van der Waals surface area contributed by atoms with E-state index in [0.717, 1.165) is 0 Å². The summed E-state index contributed by atoms with van der Waals surface area (Å²) in [6, 6.07) is 8.47. The summed E-state index contributed by atoms with van der Waals surface area (Å²) < 4.78 is 7.21. The predicted octanol–water partition coefficient (Wildman–Crippen LogP) is 4.16. The molecule has 1 amide bonds. The molecule has 2 aromatic heterocycles. The van der Waals surface area contributed by atoms with Gasteiger partial charge in [-0.2, -0.15) is 0 Å². The van der Waals surface area contributed by atoms with E-state index in [1.807, 2.05) is 0 Å². The zero-order chi connectivity index (χ0) is 18.1. The number of halogens is 2. The molecule has 0 saturated heterocycles. The van der Waals surface area contributed by atoms with Gasteiger partial charge in [-0.15, -0.1) is 6.42 Å². The molecular formula is C18H13Cl2N3O2. The fraction of sp³-hybridized carbons (Fsp3) is 0.111. The minimum absolute atomic E-state index is 0.270. The Balaban J connectivity index is 2.10. The maximum Gasteiger partial charge on any atom is 0.250 e. The number of nitrogens with zero attached hydrogens (tertiary/aromatic N) is 2. The van der Waals surface area contributed by atoms with Crippen LogP contribution in [0.3, 0.4) is 0 Å². The lowest BCUT2D eigenvalue weighted by Gasteiger charge is -2.05. The highest BCUT2D eigenvalue weighted by Gasteiger charge is 2.20. The number of aromatic nitrogens is 2. The van der Waals surface area contributed by atoms with Crippen LogP contribution in [0.25, 0.3) is 22.7 Å². The molecule has 0 unspecified atom stereocenters. The maximum atomic E-state index is 11.6. The number of benzene rings is 1. The number of primary amides is 1. The first-order valence-corrected chi connectivity index (χ1v) is 8.04. The van der Waals surface area contributed by atoms with E-state index in [2.05, 4.69) is 11.1 Å². The van der Waals surface area contributed by atoms with Crippen LogP contribution in [0.5, 0.6) is 0 Å². The van der Waals surface area contributed by atoms with E-state index in [9.17, 15) is 4.79 Å². The Kier molecular flexibility index (Phi) is 4.58. The molecule has 2 heterocycles. The van der Waals surface area contributed by atoms with Crippen molar-refractivity contribution in [3.63, 3.8) is 0 Å². The van der Waals surface area contributed by atoms with E-state index in [1.54, 1.807) is 41.8 Å². The SMILES string of the molecule is C#CCn1c(-c2cc(-c3ccc(Cl)cc3Cl)no2)cc(C(N)=O)c1C. The molecule has 0 saturated carbocycles. The average Bonchev–Trinajstić information content (AvgIpc) is 3.14. The highest BCUT2D eigenvalue weighted by molar-refractivity contribution is 6.36. The third-order valence-corrected chi connectivity index (χ3v) is 4.40. The molecule has 0 spiro atoms. The van der Waals surface area contributed by atoms with E-state index < -0.39 is 5.91 Å². The zero-order valence-corrected chi connectivity index (χ0v) is 14.7. The Morgan fingerprint density at radius 2 is 2.12 bits per heavy atom. The van der Waals surface area contributed by atoms with Crippen LogP contribution in [0.4, 0.5) is 0 Å². The van der Waals surface area contributed by atoms with Gasteiger partial charge in [0, 0.05) is 22.3 Å². The summed E-state index contributed by atoms with van der Waals surface area (Å²) in [6.45, 7) is 2.04. The molecule has 0 aliphatic rings. The monoisotopic (exact) mass is 373 g/mol. The largest absolute Gasteiger partial charge is 0.366 e. The molecule has 3 rings (SSSR count). The molecule has 0 aliphatic heterocycles. The van der Waals surface area contributed by atoms with E-state index in [0.29, 0.717) is 44.0 Å². The summed E-state index contributed by atoms with van der Waals surface area (Å²) in [7, 11) is 0. The third-order valence-electron chi connectivity index (χ3n) is 3.85. The molecule has 0 atom stereocenters. The van der Waals surface area contributed by atoms with Gasteiger partial charge < -0.3 is 14.8 Å². The molecule has 7 heteroatoms. The smallest absolute Gasteiger partial charge is 0.250 e. The van der Waals surface area contributed by atoms with E-state index >= 15 is 0 Å². The molecular weight excluding hydrogens is 361 g/mol. The van der Waals surface area contributed by atoms with Crippen LogP contribution in [0, 0.1) is 19.3 Å². The van der Waals surface area contributed by atoms with Gasteiger partial charge in [-0.3, -0.25) is 4.79 Å². The van der Waals surface area contributed by atoms with Crippen LogP contribution >= 0.6 is 23.2 Å². The van der Waals surface area contributed by atoms with Gasteiger partial charge in [-0.25, -0.2) is 0 Å². The zero-order valence-electron chi connectivity index (χ0n) is 13.2. The van der Waals surface area contributed by atoms with Crippen molar-refractivity contribution in [3.8, 4) is 35.1 Å². The van der Waals surface area contributed by atoms with E-state index in [4.69, 9.17) is 39.9 Å². The fourth-order valence-electron chi connectivity index (χ4n) is 2.61. The van der Waals surface area contributed by atoms with Crippen molar-refractivity contribution in [1.82, 2.24) is 9.72 Å². The highest BCUT2D eigenvalue weighted by atomic mass is 35.5. The van der Waals surface area contributed by atoms with Crippen molar-refractivity contribution in [2.24, 2.45) is 5.73 Å². The van der Waals surface area contributed by atoms with Gasteiger partial charge in [-0.05, 0) is 31.2 Å². The van der Waals surface area contributed by atoms with Crippen LogP contribution in [-0.4, -0.2) is 15.6 Å². The Bertz CT molecular complexity index is 1010. The number of carbonyl (C=O) groups is 1. The molecule has 25 heavy (non-hydrogen) atoms. The third kappa shape index (κ3) is 3.14. The van der Waals surface area contributed by atoms with Crippen molar-refractivity contribution in [3.05, 3.63) is 51.6 Å². The van der Waals surface area contributed by atoms with Gasteiger partial charge in [0.25, 0.3) is 5.91 Å². The minimum Gasteiger partial charge on any atom is -0.366 e. The number of terminal acetylenes is 1. The van der Waals surface area contributed by atoms with Crippen molar-refractivity contribution in [2.75, 3.05) is 0 Å². The summed E-state index contributed by atoms with van der Waals surface area (Å²) in [5, 5.41) is 5.04. The number of rotatable bonds is 4. The molecule has 0 fully saturated rings. The Morgan fingerprint density at radius 3 is 2.76 bits per heavy atom. The second kappa shape index (κ2) is 6.67. The second-order valence-corrected chi connectivity index (χ2v) is 6.23. The van der Waals surface area contributed by atoms with Crippen LogP contribution in [0.15, 0.2) is 34.9 Å². The number of amides is 1. The first-order valence-electron chi connectivity index (χ1n) is 7.28. The topological polar surface area (TPSA) is 74.1 Å². The summed E-state index contributed by atoms with van der Waals surface area (Å²) in [5.41, 5.74) is 8.32. The van der Waals surface area contributed by atoms with Crippen molar-refractivity contribution in [1.29, 1.82) is 0 Å². The molecule has 5 nitrogen and oxygen atoms in total. The lowest BCUT2D eigenvalue weighted by atomic mass is 10.1. The van der Waals surface area contributed by atoms with Gasteiger partial charge in [0.05, 0.1) is 22.8 Å². The van der Waals surface area contributed by atoms with Gasteiger partial charge in [0.2, 0.25) is 0 Å².